The predicted molar refractivity (Wildman–Crippen MR) is 72.3 cm³/mol. The first-order valence-corrected chi connectivity index (χ1v) is 5.95. The van der Waals surface area contributed by atoms with E-state index in [0.717, 1.165) is 23.3 Å². The van der Waals surface area contributed by atoms with Crippen LogP contribution in [0.5, 0.6) is 5.75 Å². The van der Waals surface area contributed by atoms with Crippen molar-refractivity contribution in [3.63, 3.8) is 0 Å². The third kappa shape index (κ3) is 3.45. The van der Waals surface area contributed by atoms with Gasteiger partial charge in [0, 0.05) is 11.6 Å². The fourth-order valence-corrected chi connectivity index (χ4v) is 2.12. The molecular weight excluding hydrogens is 212 g/mol. The molecule has 1 atom stereocenters. The Kier molecular flexibility index (Phi) is 4.17. The second-order valence-electron chi connectivity index (χ2n) is 5.41. The molecule has 17 heavy (non-hydrogen) atoms. The van der Waals surface area contributed by atoms with E-state index in [0.29, 0.717) is 0 Å². The summed E-state index contributed by atoms with van der Waals surface area (Å²) < 4.78 is 5.30. The van der Waals surface area contributed by atoms with Gasteiger partial charge in [-0.1, -0.05) is 6.07 Å². The molecule has 1 aromatic carbocycles. The van der Waals surface area contributed by atoms with Crippen molar-refractivity contribution in [2.75, 3.05) is 7.11 Å². The highest BCUT2D eigenvalue weighted by atomic mass is 16.5. The SMILES string of the molecule is COc1ccc(C(N)CC(C)(C)N)c(C)c1C. The molecule has 0 radical (unpaired) electrons. The Morgan fingerprint density at radius 3 is 2.29 bits per heavy atom. The molecule has 1 aromatic rings. The van der Waals surface area contributed by atoms with Gasteiger partial charge in [0.1, 0.15) is 5.75 Å². The van der Waals surface area contributed by atoms with Gasteiger partial charge in [-0.05, 0) is 56.9 Å². The second kappa shape index (κ2) is 5.07. The molecule has 0 bridgehead atoms. The summed E-state index contributed by atoms with van der Waals surface area (Å²) in [6.45, 7) is 8.13. The first-order chi connectivity index (χ1) is 7.76. The van der Waals surface area contributed by atoms with Crippen LogP contribution in [0.3, 0.4) is 0 Å². The van der Waals surface area contributed by atoms with Crippen molar-refractivity contribution in [1.82, 2.24) is 0 Å². The minimum absolute atomic E-state index is 0.0281. The molecule has 1 unspecified atom stereocenters. The normalized spacial score (nSPS) is 13.6. The molecule has 0 saturated heterocycles. The van der Waals surface area contributed by atoms with E-state index in [1.807, 2.05) is 26.0 Å². The number of ether oxygens (including phenoxy) is 1. The third-order valence-electron chi connectivity index (χ3n) is 3.14. The topological polar surface area (TPSA) is 61.3 Å². The molecule has 0 aliphatic carbocycles. The number of hydrogen-bond donors (Lipinski definition) is 2. The van der Waals surface area contributed by atoms with Gasteiger partial charge >= 0.3 is 0 Å². The van der Waals surface area contributed by atoms with Crippen molar-refractivity contribution in [2.24, 2.45) is 11.5 Å². The first kappa shape index (κ1) is 14.0. The van der Waals surface area contributed by atoms with Gasteiger partial charge in [-0.2, -0.15) is 0 Å². The fourth-order valence-electron chi connectivity index (χ4n) is 2.12. The Bertz CT molecular complexity index is 394. The Balaban J connectivity index is 3.03. The van der Waals surface area contributed by atoms with E-state index in [9.17, 15) is 0 Å². The maximum absolute atomic E-state index is 6.22. The highest BCUT2D eigenvalue weighted by Gasteiger charge is 2.19. The van der Waals surface area contributed by atoms with E-state index in [4.69, 9.17) is 16.2 Å². The summed E-state index contributed by atoms with van der Waals surface area (Å²) in [4.78, 5) is 0. The monoisotopic (exact) mass is 236 g/mol. The average Bonchev–Trinajstić information content (AvgIpc) is 2.19. The first-order valence-electron chi connectivity index (χ1n) is 5.95. The van der Waals surface area contributed by atoms with E-state index >= 15 is 0 Å². The summed E-state index contributed by atoms with van der Waals surface area (Å²) >= 11 is 0. The maximum Gasteiger partial charge on any atom is 0.122 e. The number of methoxy groups -OCH3 is 1. The second-order valence-corrected chi connectivity index (χ2v) is 5.41. The largest absolute Gasteiger partial charge is 0.496 e. The van der Waals surface area contributed by atoms with E-state index in [2.05, 4.69) is 13.8 Å². The van der Waals surface area contributed by atoms with Gasteiger partial charge in [0.15, 0.2) is 0 Å². The molecule has 1 rings (SSSR count). The molecule has 0 heterocycles. The van der Waals surface area contributed by atoms with Gasteiger partial charge in [-0.3, -0.25) is 0 Å². The zero-order valence-corrected chi connectivity index (χ0v) is 11.5. The van der Waals surface area contributed by atoms with E-state index in [1.165, 1.54) is 5.56 Å². The molecule has 4 N–H and O–H groups in total. The predicted octanol–water partition coefficient (Wildman–Crippen LogP) is 2.44. The van der Waals surface area contributed by atoms with Crippen LogP contribution in [-0.4, -0.2) is 12.6 Å². The van der Waals surface area contributed by atoms with Gasteiger partial charge in [0.05, 0.1) is 7.11 Å². The summed E-state index contributed by atoms with van der Waals surface area (Å²) in [7, 11) is 1.68. The van der Waals surface area contributed by atoms with Crippen LogP contribution in [0.1, 0.15) is 43.0 Å². The van der Waals surface area contributed by atoms with Gasteiger partial charge in [-0.15, -0.1) is 0 Å². The number of benzene rings is 1. The van der Waals surface area contributed by atoms with Crippen LogP contribution >= 0.6 is 0 Å². The number of nitrogens with two attached hydrogens (primary N) is 2. The molecule has 0 fully saturated rings. The van der Waals surface area contributed by atoms with Crippen molar-refractivity contribution in [2.45, 2.75) is 45.7 Å². The van der Waals surface area contributed by atoms with Gasteiger partial charge in [0.25, 0.3) is 0 Å². The Morgan fingerprint density at radius 1 is 1.24 bits per heavy atom. The molecule has 3 nitrogen and oxygen atoms in total. The zero-order valence-electron chi connectivity index (χ0n) is 11.5. The summed E-state index contributed by atoms with van der Waals surface area (Å²) in [6, 6.07) is 3.98. The van der Waals surface area contributed by atoms with Gasteiger partial charge in [-0.25, -0.2) is 0 Å². The third-order valence-corrected chi connectivity index (χ3v) is 3.14. The lowest BCUT2D eigenvalue weighted by atomic mass is 9.89. The molecular formula is C14H24N2O. The van der Waals surface area contributed by atoms with Crippen LogP contribution in [-0.2, 0) is 0 Å². The minimum atomic E-state index is -0.250. The molecule has 0 saturated carbocycles. The van der Waals surface area contributed by atoms with Crippen molar-refractivity contribution in [1.29, 1.82) is 0 Å². The summed E-state index contributed by atoms with van der Waals surface area (Å²) in [5.74, 6) is 0.908. The quantitative estimate of drug-likeness (QED) is 0.844. The molecule has 0 aliphatic rings. The van der Waals surface area contributed by atoms with Gasteiger partial charge < -0.3 is 16.2 Å². The number of hydrogen-bond acceptors (Lipinski definition) is 3. The molecule has 0 spiro atoms. The number of rotatable bonds is 4. The fraction of sp³-hybridized carbons (Fsp3) is 0.571. The summed E-state index contributed by atoms with van der Waals surface area (Å²) in [5.41, 5.74) is 15.5. The Morgan fingerprint density at radius 2 is 1.82 bits per heavy atom. The van der Waals surface area contributed by atoms with E-state index in [-0.39, 0.29) is 11.6 Å². The highest BCUT2D eigenvalue weighted by molar-refractivity contribution is 5.44. The van der Waals surface area contributed by atoms with E-state index in [1.54, 1.807) is 7.11 Å². The summed E-state index contributed by atoms with van der Waals surface area (Å²) in [5, 5.41) is 0. The standard InChI is InChI=1S/C14H24N2O/c1-9-10(2)13(17-5)7-6-11(9)12(15)8-14(3,4)16/h6-7,12H,8,15-16H2,1-5H3. The van der Waals surface area contributed by atoms with Crippen LogP contribution in [0.2, 0.25) is 0 Å². The van der Waals surface area contributed by atoms with Crippen LogP contribution in [0.15, 0.2) is 12.1 Å². The molecule has 0 amide bonds. The van der Waals surface area contributed by atoms with Crippen molar-refractivity contribution in [3.05, 3.63) is 28.8 Å². The minimum Gasteiger partial charge on any atom is -0.496 e. The van der Waals surface area contributed by atoms with Crippen molar-refractivity contribution >= 4 is 0 Å². The highest BCUT2D eigenvalue weighted by Crippen LogP contribution is 2.29. The Labute approximate surface area is 104 Å². The van der Waals surface area contributed by atoms with Gasteiger partial charge in [0.2, 0.25) is 0 Å². The average molecular weight is 236 g/mol. The summed E-state index contributed by atoms with van der Waals surface area (Å²) in [6.07, 6.45) is 0.764. The lowest BCUT2D eigenvalue weighted by Gasteiger charge is -2.25. The van der Waals surface area contributed by atoms with Crippen LogP contribution in [0, 0.1) is 13.8 Å². The maximum atomic E-state index is 6.22. The van der Waals surface area contributed by atoms with Crippen molar-refractivity contribution in [3.8, 4) is 5.75 Å². The van der Waals surface area contributed by atoms with Crippen LogP contribution in [0.4, 0.5) is 0 Å². The lowest BCUT2D eigenvalue weighted by Crippen LogP contribution is -2.36. The lowest BCUT2D eigenvalue weighted by molar-refractivity contribution is 0.409. The Hall–Kier alpha value is -1.06. The van der Waals surface area contributed by atoms with Crippen LogP contribution in [0.25, 0.3) is 0 Å². The van der Waals surface area contributed by atoms with E-state index < -0.39 is 0 Å². The molecule has 0 aliphatic heterocycles. The molecule has 96 valence electrons. The zero-order chi connectivity index (χ0) is 13.2. The van der Waals surface area contributed by atoms with Crippen LogP contribution < -0.4 is 16.2 Å². The smallest absolute Gasteiger partial charge is 0.122 e. The van der Waals surface area contributed by atoms with Crippen molar-refractivity contribution < 1.29 is 4.74 Å². The molecule has 0 aromatic heterocycles. The molecule has 3 heteroatoms.